The number of halogens is 3. The topological polar surface area (TPSA) is 105 Å². The van der Waals surface area contributed by atoms with Crippen molar-refractivity contribution >= 4 is 17.6 Å². The summed E-state index contributed by atoms with van der Waals surface area (Å²) >= 11 is 0. The summed E-state index contributed by atoms with van der Waals surface area (Å²) in [6.07, 6.45) is -2.81. The van der Waals surface area contributed by atoms with Crippen LogP contribution in [0.25, 0.3) is 0 Å². The van der Waals surface area contributed by atoms with Crippen LogP contribution in [0.1, 0.15) is 51.3 Å². The van der Waals surface area contributed by atoms with E-state index in [1.807, 2.05) is 20.8 Å². The Bertz CT molecular complexity index is 1160. The van der Waals surface area contributed by atoms with Crippen LogP contribution in [0.3, 0.4) is 0 Å². The molecule has 1 N–H and O–H groups in total. The van der Waals surface area contributed by atoms with Gasteiger partial charge in [-0.3, -0.25) is 4.90 Å². The van der Waals surface area contributed by atoms with E-state index in [1.54, 1.807) is 26.8 Å². The molecule has 1 aromatic rings. The van der Waals surface area contributed by atoms with Gasteiger partial charge < -0.3 is 29.3 Å². The fourth-order valence-electron chi connectivity index (χ4n) is 6.45. The summed E-state index contributed by atoms with van der Waals surface area (Å²) < 4.78 is 53.9. The monoisotopic (exact) mass is 580 g/mol. The van der Waals surface area contributed by atoms with E-state index >= 15 is 0 Å². The van der Waals surface area contributed by atoms with Crippen molar-refractivity contribution in [2.24, 2.45) is 5.92 Å². The van der Waals surface area contributed by atoms with Crippen molar-refractivity contribution in [1.29, 1.82) is 5.26 Å². The molecule has 4 aliphatic heterocycles. The van der Waals surface area contributed by atoms with Gasteiger partial charge in [-0.2, -0.15) is 18.4 Å². The van der Waals surface area contributed by atoms with Crippen molar-refractivity contribution in [3.8, 4) is 6.07 Å². The molecule has 1 unspecified atom stereocenters. The number of carbonyl (C=O) groups excluding carboxylic acids is 1. The van der Waals surface area contributed by atoms with Gasteiger partial charge in [0.25, 0.3) is 0 Å². The third-order valence-electron chi connectivity index (χ3n) is 8.72. The number of alkyl halides is 3. The number of nitrogens with zero attached hydrogens (tertiary/aromatic N) is 6. The Labute approximate surface area is 238 Å². The fraction of sp³-hybridized carbons (Fsp3) is 0.750. The molecule has 0 aromatic carbocycles. The lowest BCUT2D eigenvalue weighted by atomic mass is 9.79. The van der Waals surface area contributed by atoms with Crippen molar-refractivity contribution in [1.82, 2.24) is 14.8 Å². The number of nitriles is 1. The van der Waals surface area contributed by atoms with Gasteiger partial charge in [0.1, 0.15) is 23.1 Å². The van der Waals surface area contributed by atoms with E-state index in [4.69, 9.17) is 9.47 Å². The Morgan fingerprint density at radius 1 is 1.15 bits per heavy atom. The normalized spacial score (nSPS) is 26.3. The van der Waals surface area contributed by atoms with Crippen molar-refractivity contribution in [2.75, 3.05) is 75.4 Å². The summed E-state index contributed by atoms with van der Waals surface area (Å²) in [5.74, 6) is -0.0752. The van der Waals surface area contributed by atoms with Crippen LogP contribution in [0.15, 0.2) is 6.07 Å². The largest absolute Gasteiger partial charge is 0.444 e. The van der Waals surface area contributed by atoms with Crippen LogP contribution in [0.5, 0.6) is 0 Å². The third-order valence-corrected chi connectivity index (χ3v) is 8.72. The number of anilines is 2. The van der Waals surface area contributed by atoms with Gasteiger partial charge in [-0.15, -0.1) is 0 Å². The number of hydrogen-bond donors (Lipinski definition) is 1. The molecule has 226 valence electrons. The first-order valence-corrected chi connectivity index (χ1v) is 14.3. The molecule has 1 aromatic heterocycles. The molecule has 0 bridgehead atoms. The molecule has 1 amide bonds. The van der Waals surface area contributed by atoms with Crippen LogP contribution < -0.4 is 9.80 Å². The van der Waals surface area contributed by atoms with Crippen LogP contribution >= 0.6 is 0 Å². The molecule has 4 saturated heterocycles. The summed E-state index contributed by atoms with van der Waals surface area (Å²) in [6, 6.07) is 3.45. The van der Waals surface area contributed by atoms with Crippen LogP contribution in [0.4, 0.5) is 29.5 Å². The van der Waals surface area contributed by atoms with E-state index in [1.165, 1.54) is 0 Å². The van der Waals surface area contributed by atoms with Crippen LogP contribution in [-0.4, -0.2) is 109 Å². The number of carbonyl (C=O) groups is 1. The molecule has 0 saturated carbocycles. The number of rotatable bonds is 4. The Balaban J connectivity index is 1.30. The highest BCUT2D eigenvalue weighted by Crippen LogP contribution is 2.43. The average molecular weight is 581 g/mol. The van der Waals surface area contributed by atoms with Gasteiger partial charge in [0.05, 0.1) is 17.9 Å². The van der Waals surface area contributed by atoms with Gasteiger partial charge in [-0.1, -0.05) is 0 Å². The van der Waals surface area contributed by atoms with E-state index in [0.717, 1.165) is 12.8 Å². The van der Waals surface area contributed by atoms with Crippen molar-refractivity contribution < 1.29 is 32.5 Å². The quantitative estimate of drug-likeness (QED) is 0.575. The average Bonchev–Trinajstić information content (AvgIpc) is 3.35. The Morgan fingerprint density at radius 3 is 2.41 bits per heavy atom. The van der Waals surface area contributed by atoms with E-state index in [-0.39, 0.29) is 36.2 Å². The molecule has 4 fully saturated rings. The predicted molar refractivity (Wildman–Crippen MR) is 145 cm³/mol. The lowest BCUT2D eigenvalue weighted by Gasteiger charge is -2.49. The molecular weight excluding hydrogens is 541 g/mol. The molecule has 5 heterocycles. The number of ether oxygens (including phenoxy) is 2. The highest BCUT2D eigenvalue weighted by atomic mass is 19.4. The van der Waals surface area contributed by atoms with Crippen molar-refractivity contribution in [2.45, 2.75) is 63.5 Å². The standard InChI is InChI=1S/C28H39F3N6O4/c1-26(2,3)41-25(39)35-10-8-34(9-11-35)20-16-37(17-20)22-13-23(33-24(21(22)14-32)28(29,30)31)36-7-6-27(5-4-12-40-27)19(15-36)18-38/h13,19-20,38H,4-12,15-18H2,1-3H3/t19-,27?/m0/s1. The second-order valence-corrected chi connectivity index (χ2v) is 12.5. The second-order valence-electron chi connectivity index (χ2n) is 12.5. The number of aromatic nitrogens is 1. The molecule has 13 heteroatoms. The third kappa shape index (κ3) is 6.05. The summed E-state index contributed by atoms with van der Waals surface area (Å²) in [4.78, 5) is 23.8. The summed E-state index contributed by atoms with van der Waals surface area (Å²) in [5, 5.41) is 19.9. The minimum atomic E-state index is -4.79. The van der Waals surface area contributed by atoms with Gasteiger partial charge in [-0.25, -0.2) is 9.78 Å². The van der Waals surface area contributed by atoms with Crippen LogP contribution in [0.2, 0.25) is 0 Å². The van der Waals surface area contributed by atoms with Crippen LogP contribution in [0, 0.1) is 17.2 Å². The SMILES string of the molecule is CC(C)(C)OC(=O)N1CCN(C2CN(c3cc(N4CCC5(CCCO5)[C@H](CO)C4)nc(C(F)(F)F)c3C#N)C2)CC1. The van der Waals surface area contributed by atoms with Gasteiger partial charge in [0.2, 0.25) is 0 Å². The zero-order valence-corrected chi connectivity index (χ0v) is 23.9. The molecule has 41 heavy (non-hydrogen) atoms. The fourth-order valence-corrected chi connectivity index (χ4v) is 6.45. The van der Waals surface area contributed by atoms with Crippen molar-refractivity contribution in [3.63, 3.8) is 0 Å². The maximum absolute atomic E-state index is 14.1. The van der Waals surface area contributed by atoms with Gasteiger partial charge in [-0.05, 0) is 40.0 Å². The molecule has 2 atom stereocenters. The molecule has 10 nitrogen and oxygen atoms in total. The number of piperazine rings is 1. The highest BCUT2D eigenvalue weighted by Gasteiger charge is 2.47. The van der Waals surface area contributed by atoms with E-state index in [0.29, 0.717) is 65.4 Å². The van der Waals surface area contributed by atoms with Crippen LogP contribution in [-0.2, 0) is 15.7 Å². The molecule has 0 aliphatic carbocycles. The first-order valence-electron chi connectivity index (χ1n) is 14.3. The van der Waals surface area contributed by atoms with E-state index < -0.39 is 28.6 Å². The lowest BCUT2D eigenvalue weighted by molar-refractivity contribution is -0.141. The summed E-state index contributed by atoms with van der Waals surface area (Å²) in [7, 11) is 0. The number of pyridine rings is 1. The van der Waals surface area contributed by atoms with Gasteiger partial charge in [0.15, 0.2) is 5.69 Å². The summed E-state index contributed by atoms with van der Waals surface area (Å²) in [5.41, 5.74) is -2.43. The van der Waals surface area contributed by atoms with Gasteiger partial charge >= 0.3 is 12.3 Å². The zero-order valence-electron chi connectivity index (χ0n) is 23.9. The maximum atomic E-state index is 14.1. The first kappa shape index (κ1) is 29.7. The number of hydrogen-bond acceptors (Lipinski definition) is 9. The first-order chi connectivity index (χ1) is 19.3. The molecular formula is C28H39F3N6O4. The Kier molecular flexibility index (Phi) is 8.04. The molecule has 0 radical (unpaired) electrons. The van der Waals surface area contributed by atoms with E-state index in [9.17, 15) is 28.3 Å². The smallest absolute Gasteiger partial charge is 0.434 e. The maximum Gasteiger partial charge on any atom is 0.434 e. The molecule has 4 aliphatic rings. The number of amides is 1. The molecule has 1 spiro atoms. The van der Waals surface area contributed by atoms with Gasteiger partial charge in [0, 0.05) is 77.0 Å². The number of aliphatic hydroxyl groups is 1. The minimum absolute atomic E-state index is 0.0985. The highest BCUT2D eigenvalue weighted by molar-refractivity contribution is 5.69. The number of aliphatic hydroxyl groups excluding tert-OH is 1. The lowest BCUT2D eigenvalue weighted by Crippen LogP contribution is -2.64. The Hall–Kier alpha value is -2.82. The van der Waals surface area contributed by atoms with Crippen molar-refractivity contribution in [3.05, 3.63) is 17.3 Å². The zero-order chi connectivity index (χ0) is 29.6. The minimum Gasteiger partial charge on any atom is -0.444 e. The second kappa shape index (κ2) is 11.1. The number of piperidine rings is 1. The van der Waals surface area contributed by atoms with E-state index in [2.05, 4.69) is 9.88 Å². The summed E-state index contributed by atoms with van der Waals surface area (Å²) in [6.45, 7) is 10.00. The molecule has 5 rings (SSSR count). The Morgan fingerprint density at radius 2 is 1.85 bits per heavy atom. The predicted octanol–water partition coefficient (Wildman–Crippen LogP) is 3.08.